The van der Waals surface area contributed by atoms with E-state index in [4.69, 9.17) is 0 Å². The molecule has 16 heavy (non-hydrogen) atoms. The zero-order chi connectivity index (χ0) is 11.5. The number of nitro groups is 1. The van der Waals surface area contributed by atoms with Gasteiger partial charge in [-0.25, -0.2) is 4.68 Å². The van der Waals surface area contributed by atoms with E-state index in [1.54, 1.807) is 23.9 Å². The molecule has 0 bridgehead atoms. The second kappa shape index (κ2) is 4.05. The van der Waals surface area contributed by atoms with Crippen LogP contribution in [0.4, 0.5) is 5.69 Å². The van der Waals surface area contributed by atoms with Crippen molar-refractivity contribution < 1.29 is 4.92 Å². The van der Waals surface area contributed by atoms with E-state index in [2.05, 4.69) is 15.5 Å². The maximum Gasteiger partial charge on any atom is 0.269 e. The molecule has 0 spiro atoms. The third-order valence-electron chi connectivity index (χ3n) is 2.22. The summed E-state index contributed by atoms with van der Waals surface area (Å²) in [6.45, 7) is 0. The number of rotatable bonds is 3. The minimum absolute atomic E-state index is 0.0832. The number of aromatic nitrogens is 4. The van der Waals surface area contributed by atoms with Gasteiger partial charge in [0.05, 0.1) is 4.92 Å². The smallest absolute Gasteiger partial charge is 0.258 e. The zero-order valence-corrected chi connectivity index (χ0v) is 8.57. The number of tetrazole rings is 1. The van der Waals surface area contributed by atoms with Crippen LogP contribution in [0, 0.1) is 10.1 Å². The molecule has 0 unspecified atom stereocenters. The van der Waals surface area contributed by atoms with Gasteiger partial charge in [-0.3, -0.25) is 10.1 Å². The van der Waals surface area contributed by atoms with Crippen LogP contribution in [0.3, 0.4) is 0 Å². The summed E-state index contributed by atoms with van der Waals surface area (Å²) in [6, 6.07) is 6.35. The lowest BCUT2D eigenvalue weighted by molar-refractivity contribution is -0.384. The molecule has 2 aromatic rings. The fourth-order valence-electron chi connectivity index (χ4n) is 1.32. The molecule has 82 valence electrons. The first-order valence-electron chi connectivity index (χ1n) is 4.61. The predicted octanol–water partition coefficient (Wildman–Crippen LogP) is 0.709. The van der Waals surface area contributed by atoms with Crippen molar-refractivity contribution in [2.24, 2.45) is 7.05 Å². The van der Waals surface area contributed by atoms with Crippen LogP contribution < -0.4 is 0 Å². The number of benzene rings is 1. The molecule has 0 radical (unpaired) electrons. The third kappa shape index (κ3) is 2.02. The molecular weight excluding hydrogens is 210 g/mol. The SMILES string of the molecule is Cn1nnnc1Cc1ccc([N+](=O)[O-])cc1. The van der Waals surface area contributed by atoms with Gasteiger partial charge in [-0.2, -0.15) is 0 Å². The average molecular weight is 219 g/mol. The summed E-state index contributed by atoms with van der Waals surface area (Å²) in [5.74, 6) is 0.717. The summed E-state index contributed by atoms with van der Waals surface area (Å²) < 4.78 is 1.57. The van der Waals surface area contributed by atoms with Crippen LogP contribution in [0.1, 0.15) is 11.4 Å². The van der Waals surface area contributed by atoms with E-state index < -0.39 is 4.92 Å². The molecule has 0 aliphatic rings. The monoisotopic (exact) mass is 219 g/mol. The number of aryl methyl sites for hydroxylation is 1. The summed E-state index contributed by atoms with van der Waals surface area (Å²) >= 11 is 0. The van der Waals surface area contributed by atoms with Crippen molar-refractivity contribution in [2.75, 3.05) is 0 Å². The van der Waals surface area contributed by atoms with Gasteiger partial charge in [0.1, 0.15) is 0 Å². The molecule has 0 saturated heterocycles. The van der Waals surface area contributed by atoms with Crippen molar-refractivity contribution in [3.63, 3.8) is 0 Å². The third-order valence-corrected chi connectivity index (χ3v) is 2.22. The number of nitrogens with zero attached hydrogens (tertiary/aromatic N) is 5. The largest absolute Gasteiger partial charge is 0.269 e. The number of hydrogen-bond donors (Lipinski definition) is 0. The minimum Gasteiger partial charge on any atom is -0.258 e. The normalized spacial score (nSPS) is 10.3. The lowest BCUT2D eigenvalue weighted by atomic mass is 10.1. The Morgan fingerprint density at radius 1 is 1.38 bits per heavy atom. The van der Waals surface area contributed by atoms with E-state index in [9.17, 15) is 10.1 Å². The molecule has 0 atom stereocenters. The fourth-order valence-corrected chi connectivity index (χ4v) is 1.32. The molecule has 0 saturated carbocycles. The molecule has 7 heteroatoms. The number of hydrogen-bond acceptors (Lipinski definition) is 5. The van der Waals surface area contributed by atoms with Crippen LogP contribution in [-0.2, 0) is 13.5 Å². The standard InChI is InChI=1S/C9H9N5O2/c1-13-9(10-11-12-13)6-7-2-4-8(5-3-7)14(15)16/h2-5H,6H2,1H3. The first kappa shape index (κ1) is 10.2. The zero-order valence-electron chi connectivity index (χ0n) is 8.57. The van der Waals surface area contributed by atoms with E-state index in [0.717, 1.165) is 5.56 Å². The topological polar surface area (TPSA) is 86.7 Å². The van der Waals surface area contributed by atoms with E-state index >= 15 is 0 Å². The fraction of sp³-hybridized carbons (Fsp3) is 0.222. The Bertz CT molecular complexity index is 505. The van der Waals surface area contributed by atoms with Crippen LogP contribution in [0.5, 0.6) is 0 Å². The highest BCUT2D eigenvalue weighted by Crippen LogP contribution is 2.13. The van der Waals surface area contributed by atoms with Crippen LogP contribution >= 0.6 is 0 Å². The Labute approximate surface area is 90.9 Å². The van der Waals surface area contributed by atoms with Gasteiger partial charge in [-0.1, -0.05) is 12.1 Å². The van der Waals surface area contributed by atoms with Gasteiger partial charge < -0.3 is 0 Å². The van der Waals surface area contributed by atoms with E-state index in [1.807, 2.05) is 0 Å². The highest BCUT2D eigenvalue weighted by molar-refractivity contribution is 5.33. The lowest BCUT2D eigenvalue weighted by Crippen LogP contribution is -2.00. The Morgan fingerprint density at radius 2 is 2.06 bits per heavy atom. The summed E-state index contributed by atoms with van der Waals surface area (Å²) in [4.78, 5) is 10.0. The molecular formula is C9H9N5O2. The van der Waals surface area contributed by atoms with Crippen LogP contribution in [-0.4, -0.2) is 25.1 Å². The summed E-state index contributed by atoms with van der Waals surface area (Å²) in [5, 5.41) is 21.5. The quantitative estimate of drug-likeness (QED) is 0.560. The highest BCUT2D eigenvalue weighted by Gasteiger charge is 2.07. The Balaban J connectivity index is 2.17. The average Bonchev–Trinajstić information content (AvgIpc) is 2.65. The Morgan fingerprint density at radius 3 is 2.56 bits per heavy atom. The predicted molar refractivity (Wildman–Crippen MR) is 54.7 cm³/mol. The summed E-state index contributed by atoms with van der Waals surface area (Å²) in [7, 11) is 1.75. The number of nitro benzene ring substituents is 1. The van der Waals surface area contributed by atoms with Crippen molar-refractivity contribution in [2.45, 2.75) is 6.42 Å². The lowest BCUT2D eigenvalue weighted by Gasteiger charge is -1.99. The molecule has 0 aliphatic carbocycles. The molecule has 0 amide bonds. The van der Waals surface area contributed by atoms with Crippen LogP contribution in [0.2, 0.25) is 0 Å². The van der Waals surface area contributed by atoms with Gasteiger partial charge in [-0.15, -0.1) is 5.10 Å². The van der Waals surface area contributed by atoms with Crippen molar-refractivity contribution in [1.29, 1.82) is 0 Å². The van der Waals surface area contributed by atoms with E-state index in [1.165, 1.54) is 12.1 Å². The maximum absolute atomic E-state index is 10.5. The summed E-state index contributed by atoms with van der Waals surface area (Å²) in [6.07, 6.45) is 0.557. The van der Waals surface area contributed by atoms with Crippen molar-refractivity contribution >= 4 is 5.69 Å². The highest BCUT2D eigenvalue weighted by atomic mass is 16.6. The van der Waals surface area contributed by atoms with Gasteiger partial charge >= 0.3 is 0 Å². The maximum atomic E-state index is 10.5. The van der Waals surface area contributed by atoms with Gasteiger partial charge in [0.15, 0.2) is 5.82 Å². The van der Waals surface area contributed by atoms with Crippen LogP contribution in [0.25, 0.3) is 0 Å². The number of non-ortho nitro benzene ring substituents is 1. The van der Waals surface area contributed by atoms with Crippen LogP contribution in [0.15, 0.2) is 24.3 Å². The molecule has 1 aromatic heterocycles. The van der Waals surface area contributed by atoms with Crippen molar-refractivity contribution in [3.8, 4) is 0 Å². The van der Waals surface area contributed by atoms with Gasteiger partial charge in [0, 0.05) is 25.6 Å². The first-order valence-corrected chi connectivity index (χ1v) is 4.61. The van der Waals surface area contributed by atoms with E-state index in [0.29, 0.717) is 12.2 Å². The Kier molecular flexibility index (Phi) is 2.59. The van der Waals surface area contributed by atoms with Gasteiger partial charge in [0.25, 0.3) is 5.69 Å². The second-order valence-electron chi connectivity index (χ2n) is 3.32. The molecule has 1 aromatic carbocycles. The van der Waals surface area contributed by atoms with Crippen molar-refractivity contribution in [1.82, 2.24) is 20.2 Å². The minimum atomic E-state index is -0.423. The molecule has 2 rings (SSSR count). The molecule has 0 aliphatic heterocycles. The second-order valence-corrected chi connectivity index (χ2v) is 3.32. The first-order chi connectivity index (χ1) is 7.66. The summed E-state index contributed by atoms with van der Waals surface area (Å²) in [5.41, 5.74) is 1.02. The van der Waals surface area contributed by atoms with Gasteiger partial charge in [0.2, 0.25) is 0 Å². The molecule has 0 N–H and O–H groups in total. The van der Waals surface area contributed by atoms with Crippen molar-refractivity contribution in [3.05, 3.63) is 45.8 Å². The Hall–Kier alpha value is -2.31. The molecule has 7 nitrogen and oxygen atoms in total. The van der Waals surface area contributed by atoms with E-state index in [-0.39, 0.29) is 5.69 Å². The molecule has 0 fully saturated rings. The molecule has 1 heterocycles. The van der Waals surface area contributed by atoms with Gasteiger partial charge in [-0.05, 0) is 16.0 Å².